The molecule has 1 saturated heterocycles. The van der Waals surface area contributed by atoms with Crippen molar-refractivity contribution in [1.29, 1.82) is 0 Å². The molecule has 0 amide bonds. The van der Waals surface area contributed by atoms with Crippen molar-refractivity contribution in [2.24, 2.45) is 22.7 Å². The van der Waals surface area contributed by atoms with Gasteiger partial charge in [-0.25, -0.2) is 0 Å². The van der Waals surface area contributed by atoms with Crippen molar-refractivity contribution in [3.05, 3.63) is 35.6 Å². The third kappa shape index (κ3) is 3.44. The fourth-order valence-electron chi connectivity index (χ4n) is 4.14. The van der Waals surface area contributed by atoms with Gasteiger partial charge in [0.1, 0.15) is 0 Å². The molecule has 0 aromatic carbocycles. The van der Waals surface area contributed by atoms with Crippen LogP contribution >= 0.6 is 0 Å². The van der Waals surface area contributed by atoms with Crippen LogP contribution in [-0.4, -0.2) is 18.0 Å². The second-order valence-corrected chi connectivity index (χ2v) is 9.12. The van der Waals surface area contributed by atoms with Crippen LogP contribution in [0.15, 0.2) is 35.6 Å². The van der Waals surface area contributed by atoms with E-state index in [-0.39, 0.29) is 5.41 Å². The van der Waals surface area contributed by atoms with Gasteiger partial charge in [-0.05, 0) is 48.9 Å². The smallest absolute Gasteiger partial charge is 0.0234 e. The lowest BCUT2D eigenvalue weighted by Crippen LogP contribution is -2.52. The average Bonchev–Trinajstić information content (AvgIpc) is 2.49. The zero-order chi connectivity index (χ0) is 17.4. The minimum absolute atomic E-state index is 0.274. The Morgan fingerprint density at radius 1 is 1.13 bits per heavy atom. The Bertz CT molecular complexity index is 520. The lowest BCUT2D eigenvalue weighted by Gasteiger charge is -2.55. The lowest BCUT2D eigenvalue weighted by atomic mass is 9.57. The Morgan fingerprint density at radius 3 is 2.26 bits per heavy atom. The molecule has 0 aromatic heterocycles. The maximum absolute atomic E-state index is 4.44. The molecule has 1 aliphatic carbocycles. The van der Waals surface area contributed by atoms with Crippen LogP contribution in [0.1, 0.15) is 67.7 Å². The maximum Gasteiger partial charge on any atom is 0.0234 e. The molecule has 1 heterocycles. The van der Waals surface area contributed by atoms with Gasteiger partial charge in [-0.2, -0.15) is 0 Å². The molecular formula is C22H37N. The molecule has 2 rings (SSSR count). The molecule has 0 N–H and O–H groups in total. The highest BCUT2D eigenvalue weighted by atomic mass is 15.2. The highest BCUT2D eigenvalue weighted by molar-refractivity contribution is 5.30. The number of rotatable bonds is 4. The first-order valence-electron chi connectivity index (χ1n) is 9.39. The molecule has 1 heteroatoms. The van der Waals surface area contributed by atoms with E-state index in [1.807, 2.05) is 0 Å². The molecule has 0 unspecified atom stereocenters. The number of piperidine rings is 1. The van der Waals surface area contributed by atoms with Crippen LogP contribution in [0.2, 0.25) is 0 Å². The van der Waals surface area contributed by atoms with Crippen molar-refractivity contribution in [2.75, 3.05) is 13.1 Å². The molecule has 2 atom stereocenters. The van der Waals surface area contributed by atoms with E-state index in [4.69, 9.17) is 0 Å². The van der Waals surface area contributed by atoms with E-state index in [9.17, 15) is 0 Å². The van der Waals surface area contributed by atoms with E-state index in [1.54, 1.807) is 5.57 Å². The Morgan fingerprint density at radius 2 is 1.78 bits per heavy atom. The van der Waals surface area contributed by atoms with Crippen LogP contribution in [0, 0.1) is 22.7 Å². The van der Waals surface area contributed by atoms with Gasteiger partial charge in [0.2, 0.25) is 0 Å². The minimum Gasteiger partial charge on any atom is -0.374 e. The van der Waals surface area contributed by atoms with Crippen molar-refractivity contribution < 1.29 is 0 Å². The number of hydrogen-bond donors (Lipinski definition) is 0. The Kier molecular flexibility index (Phi) is 5.18. The predicted molar refractivity (Wildman–Crippen MR) is 102 cm³/mol. The summed E-state index contributed by atoms with van der Waals surface area (Å²) in [6, 6.07) is 0. The second-order valence-electron chi connectivity index (χ2n) is 9.12. The standard InChI is InChI=1S/C22H37N/c1-16(2)18(4)19(5)23-14-13-22(8,21(6,7)15-23)20-11-9-17(3)10-12-20/h9,11,16,18H,5,10,12-15H2,1-4,6-8H3/t18-,22-/m1/s1. The van der Waals surface area contributed by atoms with E-state index in [1.165, 1.54) is 30.5 Å². The Balaban J connectivity index is 2.19. The summed E-state index contributed by atoms with van der Waals surface area (Å²) in [5.41, 5.74) is 5.10. The fourth-order valence-corrected chi connectivity index (χ4v) is 4.14. The molecule has 0 spiro atoms. The quantitative estimate of drug-likeness (QED) is 0.597. The Hall–Kier alpha value is -0.980. The molecule has 1 aliphatic heterocycles. The first-order chi connectivity index (χ1) is 10.6. The molecule has 2 aliphatic rings. The van der Waals surface area contributed by atoms with Gasteiger partial charge in [0.05, 0.1) is 0 Å². The van der Waals surface area contributed by atoms with Gasteiger partial charge >= 0.3 is 0 Å². The van der Waals surface area contributed by atoms with Gasteiger partial charge in [-0.3, -0.25) is 0 Å². The van der Waals surface area contributed by atoms with Crippen molar-refractivity contribution in [2.45, 2.75) is 67.7 Å². The topological polar surface area (TPSA) is 3.24 Å². The fraction of sp³-hybridized carbons (Fsp3) is 0.727. The van der Waals surface area contributed by atoms with Crippen LogP contribution in [0.25, 0.3) is 0 Å². The summed E-state index contributed by atoms with van der Waals surface area (Å²) in [5, 5.41) is 0. The molecule has 0 aromatic rings. The van der Waals surface area contributed by atoms with E-state index in [0.717, 1.165) is 13.1 Å². The van der Waals surface area contributed by atoms with Gasteiger partial charge in [0.15, 0.2) is 0 Å². The number of hydrogen-bond acceptors (Lipinski definition) is 1. The van der Waals surface area contributed by atoms with E-state index >= 15 is 0 Å². The van der Waals surface area contributed by atoms with Gasteiger partial charge in [-0.15, -0.1) is 0 Å². The van der Waals surface area contributed by atoms with Crippen molar-refractivity contribution in [1.82, 2.24) is 4.90 Å². The highest BCUT2D eigenvalue weighted by Crippen LogP contribution is 2.53. The number of allylic oxidation sites excluding steroid dienone is 5. The van der Waals surface area contributed by atoms with Crippen molar-refractivity contribution in [3.8, 4) is 0 Å². The van der Waals surface area contributed by atoms with Gasteiger partial charge in [0, 0.05) is 18.8 Å². The number of nitrogens with zero attached hydrogens (tertiary/aromatic N) is 1. The normalized spacial score (nSPS) is 29.1. The van der Waals surface area contributed by atoms with Crippen LogP contribution in [-0.2, 0) is 0 Å². The highest BCUT2D eigenvalue weighted by Gasteiger charge is 2.47. The summed E-state index contributed by atoms with van der Waals surface area (Å²) in [6.07, 6.45) is 8.47. The molecular weight excluding hydrogens is 278 g/mol. The third-order valence-corrected chi connectivity index (χ3v) is 6.96. The molecule has 0 saturated carbocycles. The monoisotopic (exact) mass is 315 g/mol. The van der Waals surface area contributed by atoms with Crippen molar-refractivity contribution in [3.63, 3.8) is 0 Å². The van der Waals surface area contributed by atoms with Crippen molar-refractivity contribution >= 4 is 0 Å². The van der Waals surface area contributed by atoms with Crippen LogP contribution < -0.4 is 0 Å². The molecule has 0 bridgehead atoms. The van der Waals surface area contributed by atoms with Crippen LogP contribution in [0.3, 0.4) is 0 Å². The predicted octanol–water partition coefficient (Wildman–Crippen LogP) is 6.20. The Labute approximate surface area is 144 Å². The molecule has 130 valence electrons. The summed E-state index contributed by atoms with van der Waals surface area (Å²) in [4.78, 5) is 2.57. The summed E-state index contributed by atoms with van der Waals surface area (Å²) >= 11 is 0. The summed E-state index contributed by atoms with van der Waals surface area (Å²) in [7, 11) is 0. The SMILES string of the molecule is C=C([C@H](C)C(C)C)N1CC[C@](C)(C2=CC=C(C)CC2)C(C)(C)C1. The lowest BCUT2D eigenvalue weighted by molar-refractivity contribution is 0.0157. The average molecular weight is 316 g/mol. The minimum atomic E-state index is 0.274. The van der Waals surface area contributed by atoms with Gasteiger partial charge in [-0.1, -0.05) is 71.4 Å². The summed E-state index contributed by atoms with van der Waals surface area (Å²) in [6.45, 7) is 23.3. The van der Waals surface area contributed by atoms with E-state index in [0.29, 0.717) is 17.3 Å². The zero-order valence-corrected chi connectivity index (χ0v) is 16.5. The van der Waals surface area contributed by atoms with Gasteiger partial charge < -0.3 is 4.90 Å². The van der Waals surface area contributed by atoms with E-state index in [2.05, 4.69) is 72.1 Å². The number of likely N-dealkylation sites (tertiary alicyclic amines) is 1. The summed E-state index contributed by atoms with van der Waals surface area (Å²) < 4.78 is 0. The maximum atomic E-state index is 4.44. The first kappa shape index (κ1) is 18.4. The zero-order valence-electron chi connectivity index (χ0n) is 16.5. The largest absolute Gasteiger partial charge is 0.374 e. The molecule has 1 fully saturated rings. The first-order valence-corrected chi connectivity index (χ1v) is 9.39. The molecule has 1 nitrogen and oxygen atoms in total. The summed E-state index contributed by atoms with van der Waals surface area (Å²) in [5.74, 6) is 1.22. The third-order valence-electron chi connectivity index (χ3n) is 6.96. The van der Waals surface area contributed by atoms with Crippen LogP contribution in [0.5, 0.6) is 0 Å². The van der Waals surface area contributed by atoms with Gasteiger partial charge in [0.25, 0.3) is 0 Å². The van der Waals surface area contributed by atoms with Crippen LogP contribution in [0.4, 0.5) is 0 Å². The van der Waals surface area contributed by atoms with E-state index < -0.39 is 0 Å². The molecule has 23 heavy (non-hydrogen) atoms. The molecule has 0 radical (unpaired) electrons. The second kappa shape index (κ2) is 6.49.